The lowest BCUT2D eigenvalue weighted by atomic mass is 10.0. The van der Waals surface area contributed by atoms with Crippen LogP contribution in [0.5, 0.6) is 0 Å². The maximum atomic E-state index is 5.67. The van der Waals surface area contributed by atoms with Crippen molar-refractivity contribution in [1.82, 2.24) is 5.32 Å². The zero-order valence-electron chi connectivity index (χ0n) is 7.92. The Morgan fingerprint density at radius 1 is 1.38 bits per heavy atom. The summed E-state index contributed by atoms with van der Waals surface area (Å²) in [6.45, 7) is 0.847. The average Bonchev–Trinajstić information content (AvgIpc) is 2.39. The van der Waals surface area contributed by atoms with Crippen LogP contribution in [-0.4, -0.2) is 13.7 Å². The van der Waals surface area contributed by atoms with E-state index < -0.39 is 0 Å². The topological polar surface area (TPSA) is 21.3 Å². The van der Waals surface area contributed by atoms with Crippen LogP contribution in [0.1, 0.15) is 23.8 Å². The van der Waals surface area contributed by atoms with Gasteiger partial charge in [0.25, 0.3) is 0 Å². The van der Waals surface area contributed by atoms with Crippen molar-refractivity contribution in [2.45, 2.75) is 19.1 Å². The first-order valence-corrected chi connectivity index (χ1v) is 4.78. The van der Waals surface area contributed by atoms with Crippen molar-refractivity contribution >= 4 is 0 Å². The first kappa shape index (κ1) is 8.73. The van der Waals surface area contributed by atoms with E-state index in [1.807, 2.05) is 7.05 Å². The van der Waals surface area contributed by atoms with E-state index in [-0.39, 0.29) is 6.23 Å². The average molecular weight is 177 g/mol. The van der Waals surface area contributed by atoms with Gasteiger partial charge in [0.05, 0.1) is 0 Å². The van der Waals surface area contributed by atoms with Gasteiger partial charge in [-0.1, -0.05) is 24.3 Å². The molecule has 2 rings (SSSR count). The Balaban J connectivity index is 2.35. The molecule has 1 N–H and O–H groups in total. The lowest BCUT2D eigenvalue weighted by Gasteiger charge is -2.16. The molecule has 0 amide bonds. The van der Waals surface area contributed by atoms with Crippen LogP contribution in [0.2, 0.25) is 0 Å². The van der Waals surface area contributed by atoms with Crippen molar-refractivity contribution in [2.75, 3.05) is 13.7 Å². The Labute approximate surface area is 78.9 Å². The van der Waals surface area contributed by atoms with Crippen LogP contribution in [0, 0.1) is 0 Å². The molecule has 2 nitrogen and oxygen atoms in total. The van der Waals surface area contributed by atoms with Gasteiger partial charge >= 0.3 is 0 Å². The number of ether oxygens (including phenoxy) is 1. The molecule has 1 atom stereocenters. The molecule has 0 saturated carbocycles. The minimum Gasteiger partial charge on any atom is -0.359 e. The third-order valence-electron chi connectivity index (χ3n) is 2.47. The second-order valence-electron chi connectivity index (χ2n) is 3.34. The molecule has 0 aliphatic carbocycles. The molecule has 13 heavy (non-hydrogen) atoms. The van der Waals surface area contributed by atoms with Crippen LogP contribution in [0.25, 0.3) is 0 Å². The van der Waals surface area contributed by atoms with Gasteiger partial charge in [0.2, 0.25) is 0 Å². The zero-order valence-corrected chi connectivity index (χ0v) is 7.92. The van der Waals surface area contributed by atoms with Crippen LogP contribution in [0.3, 0.4) is 0 Å². The summed E-state index contributed by atoms with van der Waals surface area (Å²) in [5, 5.41) is 3.18. The molecule has 1 aliphatic rings. The number of fused-ring (bicyclic) bond motifs is 1. The summed E-state index contributed by atoms with van der Waals surface area (Å²) < 4.78 is 5.67. The van der Waals surface area contributed by atoms with Gasteiger partial charge in [-0.3, -0.25) is 5.32 Å². The molecule has 1 aromatic carbocycles. The van der Waals surface area contributed by atoms with E-state index in [1.54, 1.807) is 0 Å². The Hall–Kier alpha value is -0.860. The lowest BCUT2D eigenvalue weighted by Crippen LogP contribution is -2.19. The maximum Gasteiger partial charge on any atom is 0.134 e. The number of hydrogen-bond donors (Lipinski definition) is 1. The third-order valence-corrected chi connectivity index (χ3v) is 2.47. The summed E-state index contributed by atoms with van der Waals surface area (Å²) in [6.07, 6.45) is 2.34. The summed E-state index contributed by atoms with van der Waals surface area (Å²) in [7, 11) is 1.94. The molecule has 1 aromatic rings. The second kappa shape index (κ2) is 3.90. The van der Waals surface area contributed by atoms with Crippen LogP contribution in [0.15, 0.2) is 24.3 Å². The molecule has 0 bridgehead atoms. The standard InChI is InChI=1S/C11H15NO/c1-12-11-10-7-3-2-5-9(10)6-4-8-13-11/h2-3,5,7,11-12H,4,6,8H2,1H3. The molecule has 1 unspecified atom stereocenters. The monoisotopic (exact) mass is 177 g/mol. The van der Waals surface area contributed by atoms with Crippen molar-refractivity contribution < 1.29 is 4.74 Å². The van der Waals surface area contributed by atoms with E-state index in [0.29, 0.717) is 0 Å². The Bertz CT molecular complexity index is 285. The maximum absolute atomic E-state index is 5.67. The number of rotatable bonds is 1. The quantitative estimate of drug-likeness (QED) is 0.707. The minimum absolute atomic E-state index is 0.0821. The van der Waals surface area contributed by atoms with Crippen LogP contribution >= 0.6 is 0 Å². The van der Waals surface area contributed by atoms with E-state index in [2.05, 4.69) is 29.6 Å². The van der Waals surface area contributed by atoms with Gasteiger partial charge in [-0.15, -0.1) is 0 Å². The first-order valence-electron chi connectivity index (χ1n) is 4.78. The summed E-state index contributed by atoms with van der Waals surface area (Å²) in [4.78, 5) is 0. The Morgan fingerprint density at radius 3 is 3.08 bits per heavy atom. The first-order chi connectivity index (χ1) is 6.42. The van der Waals surface area contributed by atoms with Crippen LogP contribution in [0.4, 0.5) is 0 Å². The fourth-order valence-corrected chi connectivity index (χ4v) is 1.81. The summed E-state index contributed by atoms with van der Waals surface area (Å²) in [5.41, 5.74) is 2.71. The fraction of sp³-hybridized carbons (Fsp3) is 0.455. The van der Waals surface area contributed by atoms with E-state index in [9.17, 15) is 0 Å². The van der Waals surface area contributed by atoms with Crippen molar-refractivity contribution in [1.29, 1.82) is 0 Å². The summed E-state index contributed by atoms with van der Waals surface area (Å²) in [6, 6.07) is 8.49. The highest BCUT2D eigenvalue weighted by molar-refractivity contribution is 5.29. The molecule has 1 heterocycles. The highest BCUT2D eigenvalue weighted by atomic mass is 16.5. The fourth-order valence-electron chi connectivity index (χ4n) is 1.81. The lowest BCUT2D eigenvalue weighted by molar-refractivity contribution is 0.0379. The molecule has 2 heteroatoms. The number of hydrogen-bond acceptors (Lipinski definition) is 2. The largest absolute Gasteiger partial charge is 0.359 e. The van der Waals surface area contributed by atoms with Gasteiger partial charge in [0.15, 0.2) is 0 Å². The predicted octanol–water partition coefficient (Wildman–Crippen LogP) is 1.87. The smallest absolute Gasteiger partial charge is 0.134 e. The van der Waals surface area contributed by atoms with Crippen molar-refractivity contribution in [3.05, 3.63) is 35.4 Å². The van der Waals surface area contributed by atoms with Gasteiger partial charge in [0, 0.05) is 6.61 Å². The minimum atomic E-state index is 0.0821. The molecular weight excluding hydrogens is 162 g/mol. The van der Waals surface area contributed by atoms with E-state index >= 15 is 0 Å². The highest BCUT2D eigenvalue weighted by Gasteiger charge is 2.16. The normalized spacial score (nSPS) is 22.1. The third kappa shape index (κ3) is 1.74. The van der Waals surface area contributed by atoms with E-state index in [4.69, 9.17) is 4.74 Å². The molecule has 0 radical (unpaired) electrons. The number of nitrogens with one attached hydrogen (secondary N) is 1. The van der Waals surface area contributed by atoms with Crippen LogP contribution < -0.4 is 5.32 Å². The van der Waals surface area contributed by atoms with Crippen molar-refractivity contribution in [3.8, 4) is 0 Å². The Morgan fingerprint density at radius 2 is 2.23 bits per heavy atom. The molecule has 70 valence electrons. The van der Waals surface area contributed by atoms with E-state index in [1.165, 1.54) is 11.1 Å². The van der Waals surface area contributed by atoms with Gasteiger partial charge in [0.1, 0.15) is 6.23 Å². The Kier molecular flexibility index (Phi) is 2.62. The number of aryl methyl sites for hydroxylation is 1. The summed E-state index contributed by atoms with van der Waals surface area (Å²) >= 11 is 0. The zero-order chi connectivity index (χ0) is 9.10. The van der Waals surface area contributed by atoms with Crippen molar-refractivity contribution in [3.63, 3.8) is 0 Å². The summed E-state index contributed by atoms with van der Waals surface area (Å²) in [5.74, 6) is 0. The van der Waals surface area contributed by atoms with Gasteiger partial charge in [-0.25, -0.2) is 0 Å². The van der Waals surface area contributed by atoms with Gasteiger partial charge < -0.3 is 4.74 Å². The van der Waals surface area contributed by atoms with E-state index in [0.717, 1.165) is 19.4 Å². The molecule has 0 aromatic heterocycles. The highest BCUT2D eigenvalue weighted by Crippen LogP contribution is 2.23. The van der Waals surface area contributed by atoms with Gasteiger partial charge in [-0.2, -0.15) is 0 Å². The molecule has 0 saturated heterocycles. The van der Waals surface area contributed by atoms with Gasteiger partial charge in [-0.05, 0) is 31.0 Å². The SMILES string of the molecule is CNC1OCCCc2ccccc21. The molecule has 0 fully saturated rings. The number of benzene rings is 1. The molecule has 0 spiro atoms. The molecular formula is C11H15NO. The van der Waals surface area contributed by atoms with Crippen LogP contribution in [-0.2, 0) is 11.2 Å². The molecule has 1 aliphatic heterocycles. The predicted molar refractivity (Wildman–Crippen MR) is 52.5 cm³/mol. The second-order valence-corrected chi connectivity index (χ2v) is 3.34. The van der Waals surface area contributed by atoms with Crippen molar-refractivity contribution in [2.24, 2.45) is 0 Å².